The Balaban J connectivity index is 1.39. The number of ether oxygens (including phenoxy) is 1. The van der Waals surface area contributed by atoms with Crippen LogP contribution in [0.4, 0.5) is 0 Å². The first kappa shape index (κ1) is 17.3. The molecule has 0 saturated carbocycles. The molecule has 1 unspecified atom stereocenters. The van der Waals surface area contributed by atoms with Crippen LogP contribution in [-0.2, 0) is 19.4 Å². The number of aromatic nitrogens is 2. The lowest BCUT2D eigenvalue weighted by Gasteiger charge is -2.16. The van der Waals surface area contributed by atoms with Crippen molar-refractivity contribution in [3.63, 3.8) is 0 Å². The second kappa shape index (κ2) is 8.55. The molecule has 6 heteroatoms. The summed E-state index contributed by atoms with van der Waals surface area (Å²) in [6, 6.07) is 8.44. The van der Waals surface area contributed by atoms with Gasteiger partial charge >= 0.3 is 0 Å². The van der Waals surface area contributed by atoms with Crippen molar-refractivity contribution in [3.8, 4) is 5.75 Å². The minimum absolute atomic E-state index is 0.468. The highest BCUT2D eigenvalue weighted by Gasteiger charge is 2.12. The molecule has 3 rings (SSSR count). The lowest BCUT2D eigenvalue weighted by Crippen LogP contribution is -2.40. The molecule has 2 aromatic rings. The lowest BCUT2D eigenvalue weighted by molar-refractivity contribution is 0.357. The maximum absolute atomic E-state index is 5.55. The largest absolute Gasteiger partial charge is 0.493 e. The SMILES string of the molecule is CN=C(NCCc1ccc2c(c1)CCO2)NCC(C)Cn1cccn1. The molecule has 0 spiro atoms. The molecule has 134 valence electrons. The molecular formula is C19H27N5O. The third kappa shape index (κ3) is 4.98. The van der Waals surface area contributed by atoms with E-state index in [9.17, 15) is 0 Å². The fourth-order valence-electron chi connectivity index (χ4n) is 3.00. The molecule has 0 radical (unpaired) electrons. The quantitative estimate of drug-likeness (QED) is 0.596. The zero-order valence-corrected chi connectivity index (χ0v) is 15.0. The minimum Gasteiger partial charge on any atom is -0.493 e. The van der Waals surface area contributed by atoms with E-state index in [0.717, 1.165) is 50.8 Å². The van der Waals surface area contributed by atoms with E-state index in [-0.39, 0.29) is 0 Å². The van der Waals surface area contributed by atoms with Gasteiger partial charge in [0, 0.05) is 45.5 Å². The maximum atomic E-state index is 5.55. The van der Waals surface area contributed by atoms with E-state index in [2.05, 4.69) is 45.8 Å². The minimum atomic E-state index is 0.468. The van der Waals surface area contributed by atoms with Crippen molar-refractivity contribution in [3.05, 3.63) is 47.8 Å². The number of hydrogen-bond acceptors (Lipinski definition) is 3. The Kier molecular flexibility index (Phi) is 5.93. The number of nitrogens with one attached hydrogen (secondary N) is 2. The number of guanidine groups is 1. The lowest BCUT2D eigenvalue weighted by atomic mass is 10.1. The average molecular weight is 341 g/mol. The summed E-state index contributed by atoms with van der Waals surface area (Å²) >= 11 is 0. The van der Waals surface area contributed by atoms with E-state index in [1.807, 2.05) is 23.1 Å². The van der Waals surface area contributed by atoms with Crippen LogP contribution in [0, 0.1) is 5.92 Å². The van der Waals surface area contributed by atoms with Crippen LogP contribution in [-0.4, -0.2) is 42.5 Å². The molecule has 0 saturated heterocycles. The molecule has 1 aliphatic rings. The molecule has 1 aromatic carbocycles. The summed E-state index contributed by atoms with van der Waals surface area (Å²) in [4.78, 5) is 4.30. The summed E-state index contributed by atoms with van der Waals surface area (Å²) in [5.74, 6) is 2.35. The normalized spacial score (nSPS) is 14.7. The van der Waals surface area contributed by atoms with Crippen LogP contribution in [0.1, 0.15) is 18.1 Å². The third-order valence-electron chi connectivity index (χ3n) is 4.36. The van der Waals surface area contributed by atoms with E-state index in [1.54, 1.807) is 7.05 Å². The summed E-state index contributed by atoms with van der Waals surface area (Å²) in [6.45, 7) is 5.62. The average Bonchev–Trinajstić information content (AvgIpc) is 3.28. The van der Waals surface area contributed by atoms with E-state index < -0.39 is 0 Å². The van der Waals surface area contributed by atoms with Crippen molar-refractivity contribution in [1.29, 1.82) is 0 Å². The Bertz CT molecular complexity index is 696. The van der Waals surface area contributed by atoms with Crippen molar-refractivity contribution in [2.24, 2.45) is 10.9 Å². The van der Waals surface area contributed by atoms with Gasteiger partial charge in [0.15, 0.2) is 5.96 Å². The summed E-state index contributed by atoms with van der Waals surface area (Å²) < 4.78 is 7.51. The standard InChI is InChI=1S/C19H27N5O/c1-15(14-24-10-3-8-23-24)13-22-19(20-2)21-9-6-16-4-5-18-17(12-16)7-11-25-18/h3-5,8,10,12,15H,6-7,9,11,13-14H2,1-2H3,(H2,20,21,22). The van der Waals surface area contributed by atoms with Crippen molar-refractivity contribution >= 4 is 5.96 Å². The van der Waals surface area contributed by atoms with Gasteiger partial charge < -0.3 is 15.4 Å². The first-order valence-corrected chi connectivity index (χ1v) is 8.91. The molecule has 1 aliphatic heterocycles. The Hall–Kier alpha value is -2.50. The molecule has 6 nitrogen and oxygen atoms in total. The highest BCUT2D eigenvalue weighted by atomic mass is 16.5. The molecular weight excluding hydrogens is 314 g/mol. The zero-order valence-electron chi connectivity index (χ0n) is 15.0. The Morgan fingerprint density at radius 1 is 1.40 bits per heavy atom. The molecule has 0 aliphatic carbocycles. The van der Waals surface area contributed by atoms with E-state index in [4.69, 9.17) is 4.74 Å². The predicted molar refractivity (Wildman–Crippen MR) is 100 cm³/mol. The van der Waals surface area contributed by atoms with Gasteiger partial charge in [0.2, 0.25) is 0 Å². The second-order valence-corrected chi connectivity index (χ2v) is 6.50. The highest BCUT2D eigenvalue weighted by Crippen LogP contribution is 2.25. The van der Waals surface area contributed by atoms with Gasteiger partial charge in [-0.25, -0.2) is 0 Å². The van der Waals surface area contributed by atoms with Crippen molar-refractivity contribution in [2.45, 2.75) is 26.3 Å². The van der Waals surface area contributed by atoms with Crippen molar-refractivity contribution in [1.82, 2.24) is 20.4 Å². The molecule has 0 fully saturated rings. The Morgan fingerprint density at radius 2 is 2.32 bits per heavy atom. The van der Waals surface area contributed by atoms with Gasteiger partial charge in [-0.05, 0) is 35.6 Å². The molecule has 1 aromatic heterocycles. The zero-order chi connectivity index (χ0) is 17.5. The number of aliphatic imine (C=N–C) groups is 1. The fourth-order valence-corrected chi connectivity index (χ4v) is 3.00. The monoisotopic (exact) mass is 341 g/mol. The van der Waals surface area contributed by atoms with E-state index in [0.29, 0.717) is 5.92 Å². The van der Waals surface area contributed by atoms with Crippen LogP contribution in [0.25, 0.3) is 0 Å². The predicted octanol–water partition coefficient (Wildman–Crippen LogP) is 1.86. The van der Waals surface area contributed by atoms with Gasteiger partial charge in [-0.1, -0.05) is 19.1 Å². The number of rotatable bonds is 7. The van der Waals surface area contributed by atoms with Gasteiger partial charge in [0.1, 0.15) is 5.75 Å². The van der Waals surface area contributed by atoms with Crippen LogP contribution < -0.4 is 15.4 Å². The topological polar surface area (TPSA) is 63.5 Å². The molecule has 2 N–H and O–H groups in total. The summed E-state index contributed by atoms with van der Waals surface area (Å²) in [6.07, 6.45) is 5.79. The number of benzene rings is 1. The Morgan fingerprint density at radius 3 is 3.12 bits per heavy atom. The Labute approximate surface area is 149 Å². The summed E-state index contributed by atoms with van der Waals surface area (Å²) in [7, 11) is 1.81. The fraction of sp³-hybridized carbons (Fsp3) is 0.474. The van der Waals surface area contributed by atoms with Crippen LogP contribution in [0.15, 0.2) is 41.7 Å². The van der Waals surface area contributed by atoms with Crippen molar-refractivity contribution < 1.29 is 4.74 Å². The summed E-state index contributed by atoms with van der Waals surface area (Å²) in [5, 5.41) is 11.0. The first-order valence-electron chi connectivity index (χ1n) is 8.91. The van der Waals surface area contributed by atoms with Gasteiger partial charge in [-0.15, -0.1) is 0 Å². The van der Waals surface area contributed by atoms with Gasteiger partial charge in [-0.3, -0.25) is 9.67 Å². The molecule has 2 heterocycles. The van der Waals surface area contributed by atoms with Gasteiger partial charge in [0.05, 0.1) is 6.61 Å². The van der Waals surface area contributed by atoms with Crippen LogP contribution in [0.5, 0.6) is 5.75 Å². The van der Waals surface area contributed by atoms with E-state index in [1.165, 1.54) is 11.1 Å². The van der Waals surface area contributed by atoms with Crippen LogP contribution in [0.2, 0.25) is 0 Å². The van der Waals surface area contributed by atoms with Gasteiger partial charge in [-0.2, -0.15) is 5.10 Å². The van der Waals surface area contributed by atoms with Crippen LogP contribution >= 0.6 is 0 Å². The number of hydrogen-bond donors (Lipinski definition) is 2. The highest BCUT2D eigenvalue weighted by molar-refractivity contribution is 5.79. The summed E-state index contributed by atoms with van der Waals surface area (Å²) in [5.41, 5.74) is 2.66. The molecule has 1 atom stereocenters. The third-order valence-corrected chi connectivity index (χ3v) is 4.36. The number of nitrogens with zero attached hydrogens (tertiary/aromatic N) is 3. The maximum Gasteiger partial charge on any atom is 0.190 e. The smallest absolute Gasteiger partial charge is 0.190 e. The molecule has 0 amide bonds. The number of fused-ring (bicyclic) bond motifs is 1. The molecule has 0 bridgehead atoms. The molecule has 25 heavy (non-hydrogen) atoms. The first-order chi connectivity index (χ1) is 12.2. The van der Waals surface area contributed by atoms with Crippen LogP contribution in [0.3, 0.4) is 0 Å². The van der Waals surface area contributed by atoms with Crippen molar-refractivity contribution in [2.75, 3.05) is 26.7 Å². The van der Waals surface area contributed by atoms with Gasteiger partial charge in [0.25, 0.3) is 0 Å². The second-order valence-electron chi connectivity index (χ2n) is 6.50. The van der Waals surface area contributed by atoms with E-state index >= 15 is 0 Å².